The van der Waals surface area contributed by atoms with Crippen LogP contribution >= 0.6 is 11.6 Å². The minimum absolute atomic E-state index is 0.542. The number of halogens is 4. The van der Waals surface area contributed by atoms with Gasteiger partial charge in [0.2, 0.25) is 0 Å². The number of alkyl halides is 3. The van der Waals surface area contributed by atoms with Gasteiger partial charge in [0.25, 0.3) is 0 Å². The Morgan fingerprint density at radius 2 is 1.82 bits per heavy atom. The second kappa shape index (κ2) is 11.0. The zero-order valence-corrected chi connectivity index (χ0v) is 20.2. The molecule has 1 heterocycles. The Labute approximate surface area is 198 Å². The molecule has 8 heteroatoms. The molecule has 0 saturated heterocycles. The summed E-state index contributed by atoms with van der Waals surface area (Å²) >= 11 is 6.04. The molecule has 0 aliphatic heterocycles. The Balaban J connectivity index is 2.48. The zero-order chi connectivity index (χ0) is 24.8. The number of pyridine rings is 1. The number of anilines is 1. The van der Waals surface area contributed by atoms with E-state index in [-0.39, 0.29) is 0 Å². The Bertz CT molecular complexity index is 963. The van der Waals surface area contributed by atoms with Gasteiger partial charge in [-0.2, -0.15) is 18.3 Å². The largest absolute Gasteiger partial charge is 0.404 e. The maximum Gasteiger partial charge on any atom is 0.404 e. The molecule has 0 aliphatic carbocycles. The molecule has 2 rings (SSSR count). The van der Waals surface area contributed by atoms with Crippen molar-refractivity contribution in [1.82, 2.24) is 10.3 Å². The molecule has 4 nitrogen and oxygen atoms in total. The van der Waals surface area contributed by atoms with Gasteiger partial charge in [-0.05, 0) is 48.3 Å². The third-order valence-corrected chi connectivity index (χ3v) is 5.32. The number of nitrogens with zero attached hydrogens (tertiary/aromatic N) is 3. The minimum Gasteiger partial charge on any atom is -0.299 e. The van der Waals surface area contributed by atoms with Crippen LogP contribution in [0.5, 0.6) is 0 Å². The summed E-state index contributed by atoms with van der Waals surface area (Å²) in [6, 6.07) is 8.41. The van der Waals surface area contributed by atoms with Gasteiger partial charge in [0.15, 0.2) is 0 Å². The van der Waals surface area contributed by atoms with Crippen molar-refractivity contribution in [2.45, 2.75) is 46.0 Å². The number of hydrogen-bond donors (Lipinski definition) is 1. The Morgan fingerprint density at radius 1 is 1.18 bits per heavy atom. The summed E-state index contributed by atoms with van der Waals surface area (Å²) in [6.07, 6.45) is 2.21. The number of benzene rings is 1. The zero-order valence-electron chi connectivity index (χ0n) is 19.5. The number of aromatic nitrogens is 1. The fourth-order valence-corrected chi connectivity index (χ4v) is 3.38. The van der Waals surface area contributed by atoms with Gasteiger partial charge in [0, 0.05) is 29.9 Å². The molecule has 178 valence electrons. The van der Waals surface area contributed by atoms with Gasteiger partial charge in [-0.3, -0.25) is 15.3 Å². The number of rotatable bonds is 8. The summed E-state index contributed by atoms with van der Waals surface area (Å²) in [5, 5.41) is 9.64. The van der Waals surface area contributed by atoms with E-state index in [0.29, 0.717) is 16.3 Å². The quantitative estimate of drug-likeness (QED) is 0.262. The number of nitrogens with one attached hydrogen (secondary N) is 1. The molecular weight excluding hydrogens is 449 g/mol. The SMILES string of the molecule is C=C/C(=C\C(=N/N(C)c1cccnc1)c1ccc(Cl)cc1)C(C)NC(C(C)(C)C)C(F)(F)F. The Kier molecular flexibility index (Phi) is 8.86. The lowest BCUT2D eigenvalue weighted by Gasteiger charge is -2.35. The highest BCUT2D eigenvalue weighted by molar-refractivity contribution is 6.30. The smallest absolute Gasteiger partial charge is 0.299 e. The second-order valence-corrected chi connectivity index (χ2v) is 9.24. The molecule has 0 amide bonds. The van der Waals surface area contributed by atoms with E-state index in [0.717, 1.165) is 11.3 Å². The maximum absolute atomic E-state index is 13.7. The van der Waals surface area contributed by atoms with Crippen molar-refractivity contribution in [3.05, 3.63) is 83.7 Å². The summed E-state index contributed by atoms with van der Waals surface area (Å²) in [4.78, 5) is 4.10. The van der Waals surface area contributed by atoms with Gasteiger partial charge in [-0.25, -0.2) is 0 Å². The summed E-state index contributed by atoms with van der Waals surface area (Å²) in [7, 11) is 1.77. The first kappa shape index (κ1) is 26.6. The van der Waals surface area contributed by atoms with Crippen LogP contribution in [0, 0.1) is 5.41 Å². The maximum atomic E-state index is 13.7. The van der Waals surface area contributed by atoms with Gasteiger partial charge in [-0.15, -0.1) is 0 Å². The molecule has 1 aromatic carbocycles. The van der Waals surface area contributed by atoms with Crippen LogP contribution in [-0.2, 0) is 0 Å². The number of hydrazone groups is 1. The summed E-state index contributed by atoms with van der Waals surface area (Å²) < 4.78 is 41.1. The van der Waals surface area contributed by atoms with Crippen molar-refractivity contribution in [2.75, 3.05) is 12.1 Å². The van der Waals surface area contributed by atoms with Crippen molar-refractivity contribution in [3.8, 4) is 0 Å². The van der Waals surface area contributed by atoms with Crippen molar-refractivity contribution in [2.24, 2.45) is 10.5 Å². The molecule has 1 N–H and O–H groups in total. The Morgan fingerprint density at radius 3 is 2.30 bits per heavy atom. The normalized spacial score (nSPS) is 15.2. The van der Waals surface area contributed by atoms with Crippen LogP contribution in [0.3, 0.4) is 0 Å². The monoisotopic (exact) mass is 478 g/mol. The van der Waals surface area contributed by atoms with Crippen LogP contribution < -0.4 is 10.3 Å². The predicted octanol–water partition coefficient (Wildman–Crippen LogP) is 6.64. The molecule has 0 spiro atoms. The van der Waals surface area contributed by atoms with Gasteiger partial charge >= 0.3 is 6.18 Å². The Hall–Kier alpha value is -2.64. The topological polar surface area (TPSA) is 40.5 Å². The van der Waals surface area contributed by atoms with E-state index in [2.05, 4.69) is 22.0 Å². The lowest BCUT2D eigenvalue weighted by Crippen LogP contribution is -2.54. The van der Waals surface area contributed by atoms with Crippen LogP contribution in [0.15, 0.2) is 78.2 Å². The molecule has 0 aliphatic rings. The van der Waals surface area contributed by atoms with Crippen LogP contribution in [0.2, 0.25) is 5.02 Å². The van der Waals surface area contributed by atoms with E-state index in [1.54, 1.807) is 94.6 Å². The van der Waals surface area contributed by atoms with Crippen LogP contribution in [0.25, 0.3) is 0 Å². The van der Waals surface area contributed by atoms with E-state index in [4.69, 9.17) is 11.6 Å². The molecule has 2 unspecified atom stereocenters. The van der Waals surface area contributed by atoms with E-state index in [1.165, 1.54) is 0 Å². The van der Waals surface area contributed by atoms with Gasteiger partial charge in [0.1, 0.15) is 6.04 Å². The lowest BCUT2D eigenvalue weighted by molar-refractivity contribution is -0.178. The molecular formula is C25H30ClF3N4. The molecule has 0 radical (unpaired) electrons. The average molecular weight is 479 g/mol. The van der Waals surface area contributed by atoms with E-state index >= 15 is 0 Å². The minimum atomic E-state index is -4.40. The third kappa shape index (κ3) is 7.72. The first-order chi connectivity index (χ1) is 15.3. The molecule has 33 heavy (non-hydrogen) atoms. The van der Waals surface area contributed by atoms with Crippen molar-refractivity contribution in [3.63, 3.8) is 0 Å². The predicted molar refractivity (Wildman–Crippen MR) is 131 cm³/mol. The van der Waals surface area contributed by atoms with Crippen LogP contribution in [-0.4, -0.2) is 36.0 Å². The van der Waals surface area contributed by atoms with E-state index in [1.807, 2.05) is 6.07 Å². The van der Waals surface area contributed by atoms with Crippen molar-refractivity contribution < 1.29 is 13.2 Å². The van der Waals surface area contributed by atoms with Crippen LogP contribution in [0.1, 0.15) is 33.3 Å². The number of allylic oxidation sites excluding steroid dienone is 1. The summed E-state index contributed by atoms with van der Waals surface area (Å²) in [5.41, 5.74) is 1.60. The first-order valence-electron chi connectivity index (χ1n) is 10.5. The summed E-state index contributed by atoms with van der Waals surface area (Å²) in [6.45, 7) is 10.2. The van der Waals surface area contributed by atoms with Gasteiger partial charge < -0.3 is 0 Å². The van der Waals surface area contributed by atoms with Crippen LogP contribution in [0.4, 0.5) is 18.9 Å². The van der Waals surface area contributed by atoms with E-state index < -0.39 is 23.7 Å². The molecule has 0 saturated carbocycles. The fourth-order valence-electron chi connectivity index (χ4n) is 3.26. The second-order valence-electron chi connectivity index (χ2n) is 8.80. The highest BCUT2D eigenvalue weighted by atomic mass is 35.5. The highest BCUT2D eigenvalue weighted by Crippen LogP contribution is 2.34. The number of hydrogen-bond acceptors (Lipinski definition) is 4. The van der Waals surface area contributed by atoms with E-state index in [9.17, 15) is 13.2 Å². The average Bonchev–Trinajstić information content (AvgIpc) is 2.74. The lowest BCUT2D eigenvalue weighted by atomic mass is 9.85. The van der Waals surface area contributed by atoms with Crippen molar-refractivity contribution in [1.29, 1.82) is 0 Å². The van der Waals surface area contributed by atoms with Gasteiger partial charge in [-0.1, -0.05) is 57.2 Å². The molecule has 2 atom stereocenters. The standard InChI is InChI=1S/C25H30ClF3N4/c1-7-18(17(2)31-23(24(3,4)5)25(27,28)29)15-22(19-10-12-20(26)13-11-19)32-33(6)21-9-8-14-30-16-21/h7-17,23,31H,1H2,2-6H3/b18-15+,32-22+. The molecule has 0 fully saturated rings. The molecule has 1 aromatic heterocycles. The first-order valence-corrected chi connectivity index (χ1v) is 10.9. The molecule has 2 aromatic rings. The highest BCUT2D eigenvalue weighted by Gasteiger charge is 2.47. The fraction of sp³-hybridized carbons (Fsp3) is 0.360. The molecule has 0 bridgehead atoms. The van der Waals surface area contributed by atoms with Crippen molar-refractivity contribution >= 4 is 23.0 Å². The third-order valence-electron chi connectivity index (χ3n) is 5.07. The van der Waals surface area contributed by atoms with Gasteiger partial charge in [0.05, 0.1) is 17.6 Å². The summed E-state index contributed by atoms with van der Waals surface area (Å²) in [5.74, 6) is 0.